The van der Waals surface area contributed by atoms with Crippen molar-refractivity contribution < 1.29 is 14.3 Å². The maximum atomic E-state index is 12.5. The number of nitrogen functional groups attached to an aromatic ring is 1. The monoisotopic (exact) mass is 279 g/mol. The Kier molecular flexibility index (Phi) is 5.83. The minimum Gasteiger partial charge on any atom is -0.496 e. The van der Waals surface area contributed by atoms with E-state index in [2.05, 4.69) is 0 Å². The molecule has 2 amide bonds. The first kappa shape index (κ1) is 15.8. The molecule has 0 heterocycles. The zero-order chi connectivity index (χ0) is 15.1. The summed E-state index contributed by atoms with van der Waals surface area (Å²) in [6.45, 7) is 2.36. The smallest absolute Gasteiger partial charge is 0.258 e. The summed E-state index contributed by atoms with van der Waals surface area (Å²) >= 11 is 0. The minimum atomic E-state index is -0.544. The second-order valence-electron chi connectivity index (χ2n) is 4.51. The van der Waals surface area contributed by atoms with E-state index in [1.54, 1.807) is 18.2 Å². The van der Waals surface area contributed by atoms with Gasteiger partial charge in [0.1, 0.15) is 5.75 Å². The van der Waals surface area contributed by atoms with Gasteiger partial charge in [-0.15, -0.1) is 0 Å². The Morgan fingerprint density at radius 2 is 2.05 bits per heavy atom. The lowest BCUT2D eigenvalue weighted by Crippen LogP contribution is -2.39. The third-order valence-corrected chi connectivity index (χ3v) is 2.87. The van der Waals surface area contributed by atoms with Crippen molar-refractivity contribution >= 4 is 17.5 Å². The van der Waals surface area contributed by atoms with Crippen molar-refractivity contribution in [2.24, 2.45) is 5.73 Å². The van der Waals surface area contributed by atoms with Gasteiger partial charge >= 0.3 is 0 Å². The van der Waals surface area contributed by atoms with Gasteiger partial charge in [-0.2, -0.15) is 0 Å². The van der Waals surface area contributed by atoms with Gasteiger partial charge < -0.3 is 21.1 Å². The Labute approximate surface area is 118 Å². The molecule has 0 aromatic heterocycles. The van der Waals surface area contributed by atoms with E-state index >= 15 is 0 Å². The van der Waals surface area contributed by atoms with E-state index in [0.29, 0.717) is 23.5 Å². The zero-order valence-electron chi connectivity index (χ0n) is 11.9. The number of carbonyl (C=O) groups excluding carboxylic acids is 2. The van der Waals surface area contributed by atoms with Crippen LogP contribution < -0.4 is 16.2 Å². The van der Waals surface area contributed by atoms with Crippen LogP contribution >= 0.6 is 0 Å². The van der Waals surface area contributed by atoms with E-state index in [0.717, 1.165) is 12.8 Å². The van der Waals surface area contributed by atoms with E-state index in [4.69, 9.17) is 16.2 Å². The fraction of sp³-hybridized carbons (Fsp3) is 0.429. The first-order chi connectivity index (χ1) is 9.49. The number of benzene rings is 1. The number of hydrogen-bond acceptors (Lipinski definition) is 4. The van der Waals surface area contributed by atoms with Gasteiger partial charge in [0.25, 0.3) is 5.91 Å². The molecule has 1 aromatic carbocycles. The lowest BCUT2D eigenvalue weighted by Gasteiger charge is -2.22. The van der Waals surface area contributed by atoms with Crippen molar-refractivity contribution in [1.29, 1.82) is 0 Å². The van der Waals surface area contributed by atoms with Crippen LogP contribution in [0.4, 0.5) is 5.69 Å². The fourth-order valence-corrected chi connectivity index (χ4v) is 1.85. The topological polar surface area (TPSA) is 98.7 Å². The summed E-state index contributed by atoms with van der Waals surface area (Å²) < 4.78 is 5.16. The van der Waals surface area contributed by atoms with Crippen molar-refractivity contribution in [3.8, 4) is 5.75 Å². The number of anilines is 1. The molecular weight excluding hydrogens is 258 g/mol. The molecule has 0 aliphatic carbocycles. The molecule has 6 heteroatoms. The average molecular weight is 279 g/mol. The Balaban J connectivity index is 3.03. The van der Waals surface area contributed by atoms with Gasteiger partial charge in [-0.25, -0.2) is 0 Å². The highest BCUT2D eigenvalue weighted by Gasteiger charge is 2.21. The molecule has 0 atom stereocenters. The number of unbranched alkanes of at least 4 members (excludes halogenated alkanes) is 1. The van der Waals surface area contributed by atoms with Gasteiger partial charge in [-0.3, -0.25) is 9.59 Å². The number of methoxy groups -OCH3 is 1. The zero-order valence-corrected chi connectivity index (χ0v) is 11.9. The molecule has 0 saturated heterocycles. The molecule has 0 saturated carbocycles. The Morgan fingerprint density at radius 1 is 1.35 bits per heavy atom. The van der Waals surface area contributed by atoms with E-state index in [1.807, 2.05) is 6.92 Å². The largest absolute Gasteiger partial charge is 0.496 e. The van der Waals surface area contributed by atoms with Crippen molar-refractivity contribution in [3.63, 3.8) is 0 Å². The van der Waals surface area contributed by atoms with E-state index in [-0.39, 0.29) is 12.5 Å². The van der Waals surface area contributed by atoms with Crippen LogP contribution in [0.25, 0.3) is 0 Å². The molecule has 4 N–H and O–H groups in total. The number of carbonyl (C=O) groups is 2. The van der Waals surface area contributed by atoms with Crippen LogP contribution in [0.1, 0.15) is 30.1 Å². The summed E-state index contributed by atoms with van der Waals surface area (Å²) in [5.41, 5.74) is 11.7. The van der Waals surface area contributed by atoms with Gasteiger partial charge in [0.2, 0.25) is 5.91 Å². The molecule has 0 bridgehead atoms. The van der Waals surface area contributed by atoms with Crippen molar-refractivity contribution in [1.82, 2.24) is 4.90 Å². The van der Waals surface area contributed by atoms with Crippen molar-refractivity contribution in [3.05, 3.63) is 23.8 Å². The van der Waals surface area contributed by atoms with E-state index in [1.165, 1.54) is 12.0 Å². The summed E-state index contributed by atoms with van der Waals surface area (Å²) in [5, 5.41) is 0. The van der Waals surface area contributed by atoms with Gasteiger partial charge in [0, 0.05) is 12.2 Å². The highest BCUT2D eigenvalue weighted by molar-refractivity contribution is 5.99. The predicted octanol–water partition coefficient (Wildman–Crippen LogP) is 1.01. The molecule has 0 fully saturated rings. The van der Waals surface area contributed by atoms with Crippen LogP contribution in [0.5, 0.6) is 5.75 Å². The molecule has 1 rings (SSSR count). The van der Waals surface area contributed by atoms with Crippen LogP contribution in [0, 0.1) is 0 Å². The average Bonchev–Trinajstić information content (AvgIpc) is 2.42. The van der Waals surface area contributed by atoms with Crippen molar-refractivity contribution in [2.75, 3.05) is 25.9 Å². The van der Waals surface area contributed by atoms with Gasteiger partial charge in [0.15, 0.2) is 0 Å². The van der Waals surface area contributed by atoms with Crippen LogP contribution in [0.2, 0.25) is 0 Å². The summed E-state index contributed by atoms with van der Waals surface area (Å²) in [6, 6.07) is 4.83. The molecule has 110 valence electrons. The molecular formula is C14H21N3O3. The number of nitrogens with zero attached hydrogens (tertiary/aromatic N) is 1. The summed E-state index contributed by atoms with van der Waals surface area (Å²) in [5.74, 6) is -0.422. The lowest BCUT2D eigenvalue weighted by molar-refractivity contribution is -0.118. The number of amides is 2. The first-order valence-corrected chi connectivity index (χ1v) is 6.50. The summed E-state index contributed by atoms with van der Waals surface area (Å²) in [4.78, 5) is 25.0. The second kappa shape index (κ2) is 7.37. The number of nitrogens with two attached hydrogens (primary N) is 2. The SMILES string of the molecule is CCCCN(CC(N)=O)C(=O)c1cc(N)ccc1OC. The maximum absolute atomic E-state index is 12.5. The normalized spacial score (nSPS) is 10.1. The molecule has 0 spiro atoms. The third kappa shape index (κ3) is 4.15. The van der Waals surface area contributed by atoms with Crippen LogP contribution in [0.15, 0.2) is 18.2 Å². The Bertz CT molecular complexity index is 489. The fourth-order valence-electron chi connectivity index (χ4n) is 1.85. The quantitative estimate of drug-likeness (QED) is 0.727. The van der Waals surface area contributed by atoms with Gasteiger partial charge in [-0.1, -0.05) is 13.3 Å². The highest BCUT2D eigenvalue weighted by Crippen LogP contribution is 2.22. The Morgan fingerprint density at radius 3 is 2.60 bits per heavy atom. The number of rotatable bonds is 7. The van der Waals surface area contributed by atoms with Gasteiger partial charge in [-0.05, 0) is 24.6 Å². The molecule has 20 heavy (non-hydrogen) atoms. The number of primary amides is 1. The molecule has 0 radical (unpaired) electrons. The number of ether oxygens (including phenoxy) is 1. The molecule has 0 unspecified atom stereocenters. The molecule has 6 nitrogen and oxygen atoms in total. The van der Waals surface area contributed by atoms with E-state index < -0.39 is 5.91 Å². The summed E-state index contributed by atoms with van der Waals surface area (Å²) in [7, 11) is 1.48. The highest BCUT2D eigenvalue weighted by atomic mass is 16.5. The minimum absolute atomic E-state index is 0.114. The third-order valence-electron chi connectivity index (χ3n) is 2.87. The predicted molar refractivity (Wildman–Crippen MR) is 77.4 cm³/mol. The standard InChI is InChI=1S/C14H21N3O3/c1-3-4-7-17(9-13(16)18)14(19)11-8-10(15)5-6-12(11)20-2/h5-6,8H,3-4,7,9,15H2,1-2H3,(H2,16,18). The van der Waals surface area contributed by atoms with Crippen LogP contribution in [-0.2, 0) is 4.79 Å². The summed E-state index contributed by atoms with van der Waals surface area (Å²) in [6.07, 6.45) is 1.71. The van der Waals surface area contributed by atoms with Crippen molar-refractivity contribution in [2.45, 2.75) is 19.8 Å². The molecule has 1 aromatic rings. The molecule has 0 aliphatic rings. The lowest BCUT2D eigenvalue weighted by atomic mass is 10.1. The first-order valence-electron chi connectivity index (χ1n) is 6.50. The maximum Gasteiger partial charge on any atom is 0.258 e. The van der Waals surface area contributed by atoms with E-state index in [9.17, 15) is 9.59 Å². The van der Waals surface area contributed by atoms with Crippen LogP contribution in [0.3, 0.4) is 0 Å². The Hall–Kier alpha value is -2.24. The van der Waals surface area contributed by atoms with Crippen LogP contribution in [-0.4, -0.2) is 36.9 Å². The van der Waals surface area contributed by atoms with Gasteiger partial charge in [0.05, 0.1) is 19.2 Å². The number of hydrogen-bond donors (Lipinski definition) is 2. The second-order valence-corrected chi connectivity index (χ2v) is 4.51. The molecule has 0 aliphatic heterocycles.